The van der Waals surface area contributed by atoms with Gasteiger partial charge < -0.3 is 4.52 Å². The summed E-state index contributed by atoms with van der Waals surface area (Å²) in [6, 6.07) is 5.35. The molecule has 0 unspecified atom stereocenters. The number of non-ortho nitro benzene ring substituents is 1. The van der Waals surface area contributed by atoms with Gasteiger partial charge >= 0.3 is 7.60 Å². The number of benzene rings is 1. The monoisotopic (exact) mass is 371 g/mol. The Morgan fingerprint density at radius 3 is 2.47 bits per heavy atom. The summed E-state index contributed by atoms with van der Waals surface area (Å²) in [5, 5.41) is 10.4. The second kappa shape index (κ2) is 6.32. The Labute approximate surface area is 112 Å². The fourth-order valence-electron chi connectivity index (χ4n) is 1.05. The van der Waals surface area contributed by atoms with Crippen LogP contribution in [0.2, 0.25) is 0 Å². The molecule has 1 atom stereocenters. The van der Waals surface area contributed by atoms with Crippen molar-refractivity contribution < 1.29 is 18.5 Å². The predicted molar refractivity (Wildman–Crippen MR) is 72.1 cm³/mol. The number of rotatable bonds is 6. The molecular weight excluding hydrogens is 360 g/mol. The highest BCUT2D eigenvalue weighted by Crippen LogP contribution is 2.44. The van der Waals surface area contributed by atoms with E-state index in [1.54, 1.807) is 0 Å². The van der Waals surface area contributed by atoms with Crippen LogP contribution in [0.5, 0.6) is 5.75 Å². The van der Waals surface area contributed by atoms with Gasteiger partial charge in [0.25, 0.3) is 5.69 Å². The molecule has 0 saturated carbocycles. The highest BCUT2D eigenvalue weighted by atomic mass is 127. The van der Waals surface area contributed by atoms with Gasteiger partial charge in [-0.1, -0.05) is 22.6 Å². The Balaban J connectivity index is 2.68. The van der Waals surface area contributed by atoms with Crippen molar-refractivity contribution in [2.75, 3.05) is 17.7 Å². The Morgan fingerprint density at radius 1 is 1.41 bits per heavy atom. The first-order chi connectivity index (χ1) is 7.94. The van der Waals surface area contributed by atoms with Gasteiger partial charge in [0.2, 0.25) is 0 Å². The zero-order valence-electron chi connectivity index (χ0n) is 9.04. The van der Waals surface area contributed by atoms with Gasteiger partial charge in [0, 0.05) is 23.2 Å². The first kappa shape index (κ1) is 14.4. The van der Waals surface area contributed by atoms with E-state index < -0.39 is 12.5 Å². The molecule has 1 aromatic rings. The Kier molecular flexibility index (Phi) is 5.35. The number of alkyl halides is 1. The van der Waals surface area contributed by atoms with Crippen LogP contribution in [0.4, 0.5) is 5.69 Å². The fourth-order valence-corrected chi connectivity index (χ4v) is 2.60. The van der Waals surface area contributed by atoms with Crippen molar-refractivity contribution >= 4 is 35.9 Å². The SMILES string of the molecule is C[P@](=O)(OCCI)Oc1ccc([N+](=O)[O-])cc1. The van der Waals surface area contributed by atoms with E-state index in [4.69, 9.17) is 9.05 Å². The zero-order valence-corrected chi connectivity index (χ0v) is 12.1. The van der Waals surface area contributed by atoms with E-state index in [-0.39, 0.29) is 11.4 Å². The second-order valence-electron chi connectivity index (χ2n) is 3.14. The van der Waals surface area contributed by atoms with Crippen molar-refractivity contribution in [1.29, 1.82) is 0 Å². The smallest absolute Gasteiger partial charge is 0.376 e. The molecule has 0 fully saturated rings. The predicted octanol–water partition coefficient (Wildman–Crippen LogP) is 3.25. The number of nitro benzene ring substituents is 1. The zero-order chi connectivity index (χ0) is 12.9. The van der Waals surface area contributed by atoms with Crippen LogP contribution in [0.25, 0.3) is 0 Å². The van der Waals surface area contributed by atoms with Gasteiger partial charge in [0.15, 0.2) is 0 Å². The number of halogens is 1. The van der Waals surface area contributed by atoms with Crippen LogP contribution in [0, 0.1) is 10.1 Å². The molecule has 0 spiro atoms. The second-order valence-corrected chi connectivity index (χ2v) is 6.20. The van der Waals surface area contributed by atoms with Crippen LogP contribution in [0.3, 0.4) is 0 Å². The summed E-state index contributed by atoms with van der Waals surface area (Å²) < 4.78 is 22.7. The van der Waals surface area contributed by atoms with Crippen LogP contribution in [0.1, 0.15) is 0 Å². The van der Waals surface area contributed by atoms with Gasteiger partial charge in [0.1, 0.15) is 5.75 Å². The molecule has 94 valence electrons. The summed E-state index contributed by atoms with van der Waals surface area (Å²) in [7, 11) is -3.14. The molecular formula is C9H11INO5P. The van der Waals surface area contributed by atoms with E-state index >= 15 is 0 Å². The molecule has 0 heterocycles. The summed E-state index contributed by atoms with van der Waals surface area (Å²) in [6.45, 7) is 1.70. The molecule has 0 saturated heterocycles. The molecule has 8 heteroatoms. The maximum absolute atomic E-state index is 11.8. The summed E-state index contributed by atoms with van der Waals surface area (Å²) in [6.07, 6.45) is 0. The molecule has 0 aliphatic heterocycles. The minimum atomic E-state index is -3.14. The summed E-state index contributed by atoms with van der Waals surface area (Å²) in [4.78, 5) is 9.91. The standard InChI is InChI=1S/C9H11INO5P/c1-17(14,15-7-6-10)16-9-4-2-8(3-5-9)11(12)13/h2-5H,6-7H2,1H3/t17-/m0/s1. The van der Waals surface area contributed by atoms with Crippen LogP contribution in [0.15, 0.2) is 24.3 Å². The average molecular weight is 371 g/mol. The lowest BCUT2D eigenvalue weighted by molar-refractivity contribution is -0.384. The van der Waals surface area contributed by atoms with Crippen LogP contribution >= 0.6 is 30.2 Å². The molecule has 0 radical (unpaired) electrons. The maximum Gasteiger partial charge on any atom is 0.376 e. The largest absolute Gasteiger partial charge is 0.425 e. The topological polar surface area (TPSA) is 78.7 Å². The van der Waals surface area contributed by atoms with Gasteiger partial charge in [-0.25, -0.2) is 4.57 Å². The van der Waals surface area contributed by atoms with E-state index in [9.17, 15) is 14.7 Å². The number of nitrogens with zero attached hydrogens (tertiary/aromatic N) is 1. The number of nitro groups is 1. The third kappa shape index (κ3) is 5.01. The van der Waals surface area contributed by atoms with Crippen LogP contribution < -0.4 is 4.52 Å². The molecule has 0 aromatic heterocycles. The van der Waals surface area contributed by atoms with E-state index in [1.165, 1.54) is 30.9 Å². The lowest BCUT2D eigenvalue weighted by atomic mass is 10.3. The van der Waals surface area contributed by atoms with Gasteiger partial charge in [-0.05, 0) is 12.1 Å². The highest BCUT2D eigenvalue weighted by Gasteiger charge is 2.18. The summed E-state index contributed by atoms with van der Waals surface area (Å²) >= 11 is 2.09. The van der Waals surface area contributed by atoms with E-state index in [0.29, 0.717) is 11.0 Å². The molecule has 1 rings (SSSR count). The van der Waals surface area contributed by atoms with Gasteiger partial charge in [-0.15, -0.1) is 0 Å². The molecule has 1 aromatic carbocycles. The molecule has 17 heavy (non-hydrogen) atoms. The fraction of sp³-hybridized carbons (Fsp3) is 0.333. The van der Waals surface area contributed by atoms with Crippen LogP contribution in [-0.4, -0.2) is 22.6 Å². The highest BCUT2D eigenvalue weighted by molar-refractivity contribution is 14.1. The van der Waals surface area contributed by atoms with Gasteiger partial charge in [0.05, 0.1) is 11.5 Å². The quantitative estimate of drug-likeness (QED) is 0.252. The molecule has 0 aliphatic carbocycles. The average Bonchev–Trinajstić information content (AvgIpc) is 2.26. The molecule has 0 aliphatic rings. The van der Waals surface area contributed by atoms with Crippen molar-refractivity contribution in [3.8, 4) is 5.75 Å². The molecule has 6 nitrogen and oxygen atoms in total. The normalized spacial score (nSPS) is 14.0. The van der Waals surface area contributed by atoms with Gasteiger partial charge in [-0.2, -0.15) is 0 Å². The van der Waals surface area contributed by atoms with Crippen molar-refractivity contribution in [3.05, 3.63) is 34.4 Å². The Bertz CT molecular complexity index is 436. The lowest BCUT2D eigenvalue weighted by Crippen LogP contribution is -1.99. The van der Waals surface area contributed by atoms with Gasteiger partial charge in [-0.3, -0.25) is 14.6 Å². The third-order valence-electron chi connectivity index (χ3n) is 1.72. The third-order valence-corrected chi connectivity index (χ3v) is 3.36. The minimum absolute atomic E-state index is 0.0449. The minimum Gasteiger partial charge on any atom is -0.425 e. The molecule has 0 bridgehead atoms. The van der Waals surface area contributed by atoms with Crippen molar-refractivity contribution in [2.45, 2.75) is 0 Å². The first-order valence-electron chi connectivity index (χ1n) is 4.67. The summed E-state index contributed by atoms with van der Waals surface area (Å²) in [5.41, 5.74) is -0.0449. The van der Waals surface area contributed by atoms with E-state index in [2.05, 4.69) is 22.6 Å². The number of hydrogen-bond donors (Lipinski definition) is 0. The van der Waals surface area contributed by atoms with E-state index in [1.807, 2.05) is 0 Å². The van der Waals surface area contributed by atoms with Crippen LogP contribution in [-0.2, 0) is 9.09 Å². The number of hydrogen-bond acceptors (Lipinski definition) is 5. The Hall–Kier alpha value is -0.660. The van der Waals surface area contributed by atoms with Crippen molar-refractivity contribution in [2.24, 2.45) is 0 Å². The van der Waals surface area contributed by atoms with Crippen molar-refractivity contribution in [3.63, 3.8) is 0 Å². The molecule has 0 amide bonds. The first-order valence-corrected chi connectivity index (χ1v) is 8.18. The maximum atomic E-state index is 11.8. The van der Waals surface area contributed by atoms with E-state index in [0.717, 1.165) is 0 Å². The summed E-state index contributed by atoms with van der Waals surface area (Å²) in [5.74, 6) is 0.287. The lowest BCUT2D eigenvalue weighted by Gasteiger charge is -2.14. The Morgan fingerprint density at radius 2 is 2.00 bits per heavy atom. The van der Waals surface area contributed by atoms with Crippen molar-refractivity contribution in [1.82, 2.24) is 0 Å². The molecule has 0 N–H and O–H groups in total.